The number of carbonyl (C=O) groups excluding carboxylic acids is 1. The minimum atomic E-state index is -0.711. The van der Waals surface area contributed by atoms with Crippen molar-refractivity contribution in [2.75, 3.05) is 13.7 Å². The molecule has 0 bridgehead atoms. The molecule has 16 heavy (non-hydrogen) atoms. The van der Waals surface area contributed by atoms with Gasteiger partial charge >= 0.3 is 5.97 Å². The van der Waals surface area contributed by atoms with Crippen LogP contribution in [0.3, 0.4) is 0 Å². The molecule has 1 aromatic rings. The molecule has 4 nitrogen and oxygen atoms in total. The van der Waals surface area contributed by atoms with Gasteiger partial charge in [-0.3, -0.25) is 4.79 Å². The Bertz CT molecular complexity index is 403. The summed E-state index contributed by atoms with van der Waals surface area (Å²) in [7, 11) is 1.34. The molecule has 0 spiro atoms. The summed E-state index contributed by atoms with van der Waals surface area (Å²) >= 11 is 0. The standard InChI is InChI=1S/C12H15NO3/c1-15-12(14)11(13)9-4-5-10-8(7-9)3-2-6-16-10/h4-5,7,11H,2-3,6,13H2,1H3. The lowest BCUT2D eigenvalue weighted by Gasteiger charge is -2.19. The number of hydrogen-bond acceptors (Lipinski definition) is 4. The molecule has 1 heterocycles. The van der Waals surface area contributed by atoms with Crippen molar-refractivity contribution in [1.29, 1.82) is 0 Å². The van der Waals surface area contributed by atoms with Gasteiger partial charge < -0.3 is 15.2 Å². The summed E-state index contributed by atoms with van der Waals surface area (Å²) in [6.45, 7) is 0.759. The largest absolute Gasteiger partial charge is 0.493 e. The molecule has 1 aromatic carbocycles. The normalized spacial score (nSPS) is 15.9. The van der Waals surface area contributed by atoms with Gasteiger partial charge in [-0.05, 0) is 36.1 Å². The highest BCUT2D eigenvalue weighted by Gasteiger charge is 2.18. The Hall–Kier alpha value is -1.55. The maximum Gasteiger partial charge on any atom is 0.327 e. The zero-order valence-corrected chi connectivity index (χ0v) is 9.23. The third-order valence-corrected chi connectivity index (χ3v) is 2.75. The molecule has 4 heteroatoms. The summed E-state index contributed by atoms with van der Waals surface area (Å²) in [5, 5.41) is 0. The number of fused-ring (bicyclic) bond motifs is 1. The van der Waals surface area contributed by atoms with Crippen LogP contribution in [0.25, 0.3) is 0 Å². The summed E-state index contributed by atoms with van der Waals surface area (Å²) in [4.78, 5) is 11.3. The molecular weight excluding hydrogens is 206 g/mol. The zero-order valence-electron chi connectivity index (χ0n) is 9.23. The maximum absolute atomic E-state index is 11.3. The number of hydrogen-bond donors (Lipinski definition) is 1. The zero-order chi connectivity index (χ0) is 11.5. The Balaban J connectivity index is 2.26. The van der Waals surface area contributed by atoms with E-state index in [1.165, 1.54) is 7.11 Å². The smallest absolute Gasteiger partial charge is 0.327 e. The van der Waals surface area contributed by atoms with Crippen molar-refractivity contribution in [1.82, 2.24) is 0 Å². The minimum absolute atomic E-state index is 0.420. The second-order valence-electron chi connectivity index (χ2n) is 3.82. The van der Waals surface area contributed by atoms with Gasteiger partial charge in [-0.2, -0.15) is 0 Å². The van der Waals surface area contributed by atoms with Crippen molar-refractivity contribution in [3.63, 3.8) is 0 Å². The third-order valence-electron chi connectivity index (χ3n) is 2.75. The summed E-state index contributed by atoms with van der Waals surface area (Å²) in [6, 6.07) is 4.89. The molecule has 1 aliphatic rings. The number of carbonyl (C=O) groups is 1. The lowest BCUT2D eigenvalue weighted by atomic mass is 10.00. The van der Waals surface area contributed by atoms with Gasteiger partial charge in [0, 0.05) is 0 Å². The third kappa shape index (κ3) is 2.02. The fraction of sp³-hybridized carbons (Fsp3) is 0.417. The summed E-state index contributed by atoms with van der Waals surface area (Å²) in [6.07, 6.45) is 1.97. The van der Waals surface area contributed by atoms with Gasteiger partial charge in [0.05, 0.1) is 13.7 Å². The Kier molecular flexibility index (Phi) is 3.10. The monoisotopic (exact) mass is 221 g/mol. The van der Waals surface area contributed by atoms with Crippen molar-refractivity contribution in [3.05, 3.63) is 29.3 Å². The molecule has 0 saturated carbocycles. The van der Waals surface area contributed by atoms with Gasteiger partial charge in [0.1, 0.15) is 11.8 Å². The van der Waals surface area contributed by atoms with Crippen molar-refractivity contribution >= 4 is 5.97 Å². The lowest BCUT2D eigenvalue weighted by Crippen LogP contribution is -2.23. The second-order valence-corrected chi connectivity index (χ2v) is 3.82. The molecule has 2 N–H and O–H groups in total. The van der Waals surface area contributed by atoms with Crippen molar-refractivity contribution < 1.29 is 14.3 Å². The highest BCUT2D eigenvalue weighted by atomic mass is 16.5. The molecule has 0 aromatic heterocycles. The van der Waals surface area contributed by atoms with Crippen LogP contribution in [0.1, 0.15) is 23.6 Å². The van der Waals surface area contributed by atoms with E-state index >= 15 is 0 Å². The molecule has 1 unspecified atom stereocenters. The SMILES string of the molecule is COC(=O)C(N)c1ccc2c(c1)CCCO2. The molecule has 0 fully saturated rings. The van der Waals surface area contributed by atoms with Gasteiger partial charge in [-0.25, -0.2) is 0 Å². The second kappa shape index (κ2) is 4.53. The number of rotatable bonds is 2. The topological polar surface area (TPSA) is 61.5 Å². The fourth-order valence-electron chi connectivity index (χ4n) is 1.84. The quantitative estimate of drug-likeness (QED) is 0.762. The van der Waals surface area contributed by atoms with Gasteiger partial charge in [-0.1, -0.05) is 6.07 Å². The molecule has 0 radical (unpaired) electrons. The van der Waals surface area contributed by atoms with Crippen molar-refractivity contribution in [3.8, 4) is 5.75 Å². The summed E-state index contributed by atoms with van der Waals surface area (Å²) < 4.78 is 10.1. The molecular formula is C12H15NO3. The van der Waals surface area contributed by atoms with E-state index in [2.05, 4.69) is 4.74 Å². The Morgan fingerprint density at radius 2 is 2.38 bits per heavy atom. The lowest BCUT2D eigenvalue weighted by molar-refractivity contribution is -0.142. The first-order valence-corrected chi connectivity index (χ1v) is 5.31. The average molecular weight is 221 g/mol. The molecule has 0 amide bonds. The van der Waals surface area contributed by atoms with Gasteiger partial charge in [-0.15, -0.1) is 0 Å². The molecule has 2 rings (SSSR count). The number of esters is 1. The summed E-state index contributed by atoms with van der Waals surface area (Å²) in [5.41, 5.74) is 7.65. The van der Waals surface area contributed by atoms with E-state index in [0.717, 1.165) is 36.3 Å². The first-order valence-electron chi connectivity index (χ1n) is 5.31. The molecule has 0 saturated heterocycles. The van der Waals surface area contributed by atoms with E-state index in [0.29, 0.717) is 0 Å². The first-order chi connectivity index (χ1) is 7.72. The fourth-order valence-corrected chi connectivity index (χ4v) is 1.84. The van der Waals surface area contributed by atoms with E-state index in [4.69, 9.17) is 10.5 Å². The molecule has 0 aliphatic carbocycles. The van der Waals surface area contributed by atoms with Gasteiger partial charge in [0.15, 0.2) is 0 Å². The molecule has 86 valence electrons. The average Bonchev–Trinajstić information content (AvgIpc) is 2.36. The van der Waals surface area contributed by atoms with E-state index < -0.39 is 12.0 Å². The van der Waals surface area contributed by atoms with Crippen molar-refractivity contribution in [2.24, 2.45) is 5.73 Å². The highest BCUT2D eigenvalue weighted by molar-refractivity contribution is 5.77. The van der Waals surface area contributed by atoms with Crippen LogP contribution >= 0.6 is 0 Å². The Morgan fingerprint density at radius 1 is 1.56 bits per heavy atom. The number of ether oxygens (including phenoxy) is 2. The highest BCUT2D eigenvalue weighted by Crippen LogP contribution is 2.27. The van der Waals surface area contributed by atoms with Crippen LogP contribution in [0.15, 0.2) is 18.2 Å². The van der Waals surface area contributed by atoms with E-state index in [1.807, 2.05) is 18.2 Å². The van der Waals surface area contributed by atoms with E-state index in [-0.39, 0.29) is 0 Å². The first kappa shape index (κ1) is 11.0. The predicted octanol–water partition coefficient (Wildman–Crippen LogP) is 1.18. The molecule has 1 aliphatic heterocycles. The molecule has 1 atom stereocenters. The number of methoxy groups -OCH3 is 1. The van der Waals surface area contributed by atoms with Crippen LogP contribution in [0, 0.1) is 0 Å². The number of aryl methyl sites for hydroxylation is 1. The Labute approximate surface area is 94.3 Å². The minimum Gasteiger partial charge on any atom is -0.493 e. The van der Waals surface area contributed by atoms with Crippen molar-refractivity contribution in [2.45, 2.75) is 18.9 Å². The van der Waals surface area contributed by atoms with Crippen LogP contribution in [-0.4, -0.2) is 19.7 Å². The van der Waals surface area contributed by atoms with Crippen LogP contribution in [0.2, 0.25) is 0 Å². The van der Waals surface area contributed by atoms with Gasteiger partial charge in [0.25, 0.3) is 0 Å². The van der Waals surface area contributed by atoms with Crippen LogP contribution < -0.4 is 10.5 Å². The predicted molar refractivity (Wildman–Crippen MR) is 59.2 cm³/mol. The van der Waals surface area contributed by atoms with Crippen LogP contribution in [0.5, 0.6) is 5.75 Å². The van der Waals surface area contributed by atoms with Gasteiger partial charge in [0.2, 0.25) is 0 Å². The maximum atomic E-state index is 11.3. The summed E-state index contributed by atoms with van der Waals surface area (Å²) in [5.74, 6) is 0.476. The Morgan fingerprint density at radius 3 is 3.12 bits per heavy atom. The van der Waals surface area contributed by atoms with Crippen LogP contribution in [-0.2, 0) is 16.0 Å². The van der Waals surface area contributed by atoms with E-state index in [9.17, 15) is 4.79 Å². The number of benzene rings is 1. The van der Waals surface area contributed by atoms with Crippen LogP contribution in [0.4, 0.5) is 0 Å². The van der Waals surface area contributed by atoms with E-state index in [1.54, 1.807) is 0 Å². The number of nitrogens with two attached hydrogens (primary N) is 1.